The molecular weight excluding hydrogens is 374 g/mol. The lowest BCUT2D eigenvalue weighted by atomic mass is 9.90. The number of benzene rings is 1. The van der Waals surface area contributed by atoms with Crippen LogP contribution in [0.3, 0.4) is 0 Å². The fourth-order valence-corrected chi connectivity index (χ4v) is 1.75. The van der Waals surface area contributed by atoms with Crippen molar-refractivity contribution in [3.63, 3.8) is 0 Å². The molecule has 0 aliphatic carbocycles. The predicted molar refractivity (Wildman–Crippen MR) is 91.2 cm³/mol. The standard InChI is InChI=1S/C10H14.C9H12F6O2/c1-3-9(2)10-7-5-4-6-8-10;1-4-7(2,3)6(16)17-5(8(10,11)12)9(13,14)15/h4-9H,3H2,1-2H3;5H,4H2,1-3H3. The smallest absolute Gasteiger partial charge is 0.434 e. The molecule has 1 unspecified atom stereocenters. The van der Waals surface area contributed by atoms with Crippen LogP contribution < -0.4 is 0 Å². The molecule has 1 aromatic carbocycles. The number of ether oxygens (including phenoxy) is 1. The van der Waals surface area contributed by atoms with Crippen LogP contribution >= 0.6 is 0 Å². The molecule has 0 aliphatic heterocycles. The number of rotatable bonds is 5. The minimum Gasteiger partial charge on any atom is -0.442 e. The highest BCUT2D eigenvalue weighted by Crippen LogP contribution is 2.37. The molecule has 0 bridgehead atoms. The number of halogens is 6. The molecule has 1 atom stereocenters. The molecule has 0 radical (unpaired) electrons. The van der Waals surface area contributed by atoms with Crippen molar-refractivity contribution in [1.82, 2.24) is 0 Å². The summed E-state index contributed by atoms with van der Waals surface area (Å²) in [6.07, 6.45) is -14.1. The summed E-state index contributed by atoms with van der Waals surface area (Å²) >= 11 is 0. The van der Waals surface area contributed by atoms with E-state index in [1.807, 2.05) is 0 Å². The Morgan fingerprint density at radius 1 is 0.963 bits per heavy atom. The van der Waals surface area contributed by atoms with Gasteiger partial charge in [0, 0.05) is 0 Å². The Kier molecular flexibility index (Phi) is 9.35. The van der Waals surface area contributed by atoms with Crippen LogP contribution in [0.1, 0.15) is 58.9 Å². The second-order valence-electron chi connectivity index (χ2n) is 6.83. The van der Waals surface area contributed by atoms with Crippen LogP contribution in [-0.2, 0) is 9.53 Å². The first-order valence-corrected chi connectivity index (χ1v) is 8.56. The summed E-state index contributed by atoms with van der Waals surface area (Å²) in [6.45, 7) is 8.35. The number of hydrogen-bond donors (Lipinski definition) is 0. The van der Waals surface area contributed by atoms with Crippen molar-refractivity contribution in [2.24, 2.45) is 5.41 Å². The Labute approximate surface area is 155 Å². The summed E-state index contributed by atoms with van der Waals surface area (Å²) in [7, 11) is 0. The van der Waals surface area contributed by atoms with Gasteiger partial charge in [-0.1, -0.05) is 51.1 Å². The van der Waals surface area contributed by atoms with E-state index in [1.54, 1.807) is 0 Å². The van der Waals surface area contributed by atoms with Gasteiger partial charge in [0.1, 0.15) is 0 Å². The Morgan fingerprint density at radius 2 is 1.41 bits per heavy atom. The van der Waals surface area contributed by atoms with Crippen LogP contribution in [0.25, 0.3) is 0 Å². The minimum atomic E-state index is -5.67. The zero-order chi connectivity index (χ0) is 21.5. The van der Waals surface area contributed by atoms with Crippen LogP contribution in [-0.4, -0.2) is 24.4 Å². The Hall–Kier alpha value is -1.73. The van der Waals surface area contributed by atoms with Gasteiger partial charge in [-0.3, -0.25) is 4.79 Å². The highest BCUT2D eigenvalue weighted by molar-refractivity contribution is 5.76. The van der Waals surface area contributed by atoms with Crippen molar-refractivity contribution in [3.05, 3.63) is 35.9 Å². The topological polar surface area (TPSA) is 26.3 Å². The molecule has 0 saturated heterocycles. The molecule has 0 saturated carbocycles. The van der Waals surface area contributed by atoms with Crippen molar-refractivity contribution in [2.45, 2.75) is 71.8 Å². The van der Waals surface area contributed by atoms with Gasteiger partial charge in [-0.25, -0.2) is 0 Å². The van der Waals surface area contributed by atoms with Gasteiger partial charge in [0.25, 0.3) is 6.10 Å². The lowest BCUT2D eigenvalue weighted by Crippen LogP contribution is -2.47. The summed E-state index contributed by atoms with van der Waals surface area (Å²) in [4.78, 5) is 11.2. The fraction of sp³-hybridized carbons (Fsp3) is 0.632. The molecule has 0 fully saturated rings. The summed E-state index contributed by atoms with van der Waals surface area (Å²) in [5.74, 6) is -0.819. The third-order valence-corrected chi connectivity index (χ3v) is 4.24. The lowest BCUT2D eigenvalue weighted by Gasteiger charge is -2.27. The molecule has 27 heavy (non-hydrogen) atoms. The zero-order valence-corrected chi connectivity index (χ0v) is 16.0. The van der Waals surface area contributed by atoms with E-state index in [0.717, 1.165) is 0 Å². The van der Waals surface area contributed by atoms with Crippen LogP contribution in [0.2, 0.25) is 0 Å². The molecule has 0 aromatic heterocycles. The van der Waals surface area contributed by atoms with Gasteiger partial charge in [0.05, 0.1) is 5.41 Å². The number of carbonyl (C=O) groups excluding carboxylic acids is 1. The summed E-state index contributed by atoms with van der Waals surface area (Å²) in [5.41, 5.74) is 0.0550. The fourth-order valence-electron chi connectivity index (χ4n) is 1.75. The minimum absolute atomic E-state index is 0.0638. The van der Waals surface area contributed by atoms with E-state index in [9.17, 15) is 31.1 Å². The molecule has 0 spiro atoms. The molecule has 8 heteroatoms. The molecule has 156 valence electrons. The molecular formula is C19H26F6O2. The van der Waals surface area contributed by atoms with E-state index in [-0.39, 0.29) is 6.42 Å². The Balaban J connectivity index is 0.000000569. The van der Waals surface area contributed by atoms with Gasteiger partial charge in [-0.05, 0) is 38.2 Å². The quantitative estimate of drug-likeness (QED) is 0.408. The molecule has 0 amide bonds. The maximum absolute atomic E-state index is 12.1. The lowest BCUT2D eigenvalue weighted by molar-refractivity contribution is -0.315. The van der Waals surface area contributed by atoms with E-state index < -0.39 is 29.8 Å². The molecule has 0 heterocycles. The van der Waals surface area contributed by atoms with Crippen LogP contribution in [0, 0.1) is 5.41 Å². The first-order chi connectivity index (χ1) is 12.2. The van der Waals surface area contributed by atoms with Gasteiger partial charge in [0.2, 0.25) is 0 Å². The van der Waals surface area contributed by atoms with E-state index in [2.05, 4.69) is 48.9 Å². The number of carbonyl (C=O) groups is 1. The monoisotopic (exact) mass is 400 g/mol. The van der Waals surface area contributed by atoms with Gasteiger partial charge in [0.15, 0.2) is 0 Å². The third-order valence-electron chi connectivity index (χ3n) is 4.24. The average molecular weight is 400 g/mol. The first kappa shape index (κ1) is 25.3. The van der Waals surface area contributed by atoms with Gasteiger partial charge in [-0.2, -0.15) is 26.3 Å². The number of alkyl halides is 6. The van der Waals surface area contributed by atoms with Gasteiger partial charge >= 0.3 is 18.3 Å². The van der Waals surface area contributed by atoms with Crippen molar-refractivity contribution in [3.8, 4) is 0 Å². The molecule has 0 aliphatic rings. The maximum atomic E-state index is 12.1. The van der Waals surface area contributed by atoms with Crippen molar-refractivity contribution in [2.75, 3.05) is 0 Å². The molecule has 0 N–H and O–H groups in total. The Morgan fingerprint density at radius 3 is 1.74 bits per heavy atom. The van der Waals surface area contributed by atoms with Crippen LogP contribution in [0.15, 0.2) is 30.3 Å². The number of esters is 1. The third kappa shape index (κ3) is 8.67. The highest BCUT2D eigenvalue weighted by Gasteiger charge is 2.60. The second-order valence-corrected chi connectivity index (χ2v) is 6.83. The summed E-state index contributed by atoms with van der Waals surface area (Å²) < 4.78 is 76.0. The van der Waals surface area contributed by atoms with Crippen LogP contribution in [0.5, 0.6) is 0 Å². The maximum Gasteiger partial charge on any atom is 0.434 e. The van der Waals surface area contributed by atoms with Crippen LogP contribution in [0.4, 0.5) is 26.3 Å². The van der Waals surface area contributed by atoms with Gasteiger partial charge in [-0.15, -0.1) is 0 Å². The zero-order valence-electron chi connectivity index (χ0n) is 16.0. The molecule has 2 nitrogen and oxygen atoms in total. The Bertz CT molecular complexity index is 550. The number of hydrogen-bond acceptors (Lipinski definition) is 2. The van der Waals surface area contributed by atoms with E-state index in [4.69, 9.17) is 0 Å². The van der Waals surface area contributed by atoms with Gasteiger partial charge < -0.3 is 4.74 Å². The SMILES string of the molecule is CCC(C)(C)C(=O)OC(C(F)(F)F)C(F)(F)F.CCC(C)c1ccccc1. The van der Waals surface area contributed by atoms with E-state index >= 15 is 0 Å². The van der Waals surface area contributed by atoms with E-state index in [1.165, 1.54) is 32.8 Å². The first-order valence-electron chi connectivity index (χ1n) is 8.56. The highest BCUT2D eigenvalue weighted by atomic mass is 19.4. The second kappa shape index (κ2) is 9.99. The summed E-state index contributed by atoms with van der Waals surface area (Å²) in [6, 6.07) is 10.6. The van der Waals surface area contributed by atoms with Crippen molar-refractivity contribution in [1.29, 1.82) is 0 Å². The van der Waals surface area contributed by atoms with Crippen molar-refractivity contribution >= 4 is 5.97 Å². The average Bonchev–Trinajstić information content (AvgIpc) is 2.57. The molecule has 1 rings (SSSR count). The summed E-state index contributed by atoms with van der Waals surface area (Å²) in [5, 5.41) is 0. The normalized spacial score (nSPS) is 13.6. The predicted octanol–water partition coefficient (Wildman–Crippen LogP) is 6.66. The van der Waals surface area contributed by atoms with E-state index in [0.29, 0.717) is 5.92 Å². The molecule has 1 aromatic rings. The van der Waals surface area contributed by atoms with Crippen molar-refractivity contribution < 1.29 is 35.9 Å². The largest absolute Gasteiger partial charge is 0.442 e.